The fourth-order valence-corrected chi connectivity index (χ4v) is 2.62. The molecule has 7 nitrogen and oxygen atoms in total. The molecule has 150 valence electrons. The number of carbonyl (C=O) groups excluding carboxylic acids is 1. The zero-order valence-electron chi connectivity index (χ0n) is 15.2. The van der Waals surface area contributed by atoms with E-state index in [1.54, 1.807) is 0 Å². The van der Waals surface area contributed by atoms with Crippen molar-refractivity contribution < 1.29 is 42.0 Å². The summed E-state index contributed by atoms with van der Waals surface area (Å²) in [4.78, 5) is 12.4. The van der Waals surface area contributed by atoms with Crippen LogP contribution in [0.15, 0.2) is 30.3 Å². The molecule has 0 saturated carbocycles. The Kier molecular flexibility index (Phi) is 6.03. The van der Waals surface area contributed by atoms with Gasteiger partial charge in [-0.1, -0.05) is 6.07 Å². The number of ether oxygens (including phenoxy) is 6. The van der Waals surface area contributed by atoms with Gasteiger partial charge in [-0.2, -0.15) is 8.78 Å². The van der Waals surface area contributed by atoms with E-state index >= 15 is 0 Å². The van der Waals surface area contributed by atoms with E-state index in [4.69, 9.17) is 23.7 Å². The summed E-state index contributed by atoms with van der Waals surface area (Å²) in [5.41, 5.74) is 0.766. The number of benzene rings is 2. The molecule has 0 fully saturated rings. The van der Waals surface area contributed by atoms with Gasteiger partial charge in [0.25, 0.3) is 0 Å². The lowest BCUT2D eigenvalue weighted by molar-refractivity contribution is -0.0512. The van der Waals surface area contributed by atoms with Crippen LogP contribution >= 0.6 is 0 Å². The minimum Gasteiger partial charge on any atom is -0.493 e. The standard InChI is InChI=1S/C19H18F2O7/c1-23-14-7-11(3-4-13(14)28-19(20)21)10-27-18(22)12-8-15(24-2)17-16(9-12)25-5-6-26-17/h3-4,7-9,19H,5-6,10H2,1-2H3. The molecule has 1 heterocycles. The maximum Gasteiger partial charge on any atom is 0.387 e. The summed E-state index contributed by atoms with van der Waals surface area (Å²) in [6.07, 6.45) is 0. The predicted molar refractivity (Wildman–Crippen MR) is 92.7 cm³/mol. The van der Waals surface area contributed by atoms with E-state index in [1.165, 1.54) is 44.6 Å². The number of alkyl halides is 2. The van der Waals surface area contributed by atoms with Gasteiger partial charge in [0, 0.05) is 0 Å². The Labute approximate surface area is 159 Å². The van der Waals surface area contributed by atoms with Crippen LogP contribution in [0.1, 0.15) is 15.9 Å². The molecule has 0 bridgehead atoms. The monoisotopic (exact) mass is 396 g/mol. The number of fused-ring (bicyclic) bond motifs is 1. The number of hydrogen-bond acceptors (Lipinski definition) is 7. The van der Waals surface area contributed by atoms with E-state index < -0.39 is 12.6 Å². The molecular formula is C19H18F2O7. The van der Waals surface area contributed by atoms with Crippen molar-refractivity contribution in [1.82, 2.24) is 0 Å². The largest absolute Gasteiger partial charge is 0.493 e. The van der Waals surface area contributed by atoms with Crippen LogP contribution in [-0.2, 0) is 11.3 Å². The summed E-state index contributed by atoms with van der Waals surface area (Å²) in [5.74, 6) is 0.581. The molecule has 0 N–H and O–H groups in total. The molecule has 0 unspecified atom stereocenters. The quantitative estimate of drug-likeness (QED) is 0.664. The maximum absolute atomic E-state index is 12.4. The third-order valence-corrected chi connectivity index (χ3v) is 3.88. The number of halogens is 2. The van der Waals surface area contributed by atoms with E-state index in [-0.39, 0.29) is 23.7 Å². The van der Waals surface area contributed by atoms with Crippen LogP contribution in [0.2, 0.25) is 0 Å². The van der Waals surface area contributed by atoms with Crippen LogP contribution in [0.5, 0.6) is 28.7 Å². The minimum atomic E-state index is -2.97. The molecule has 1 aliphatic rings. The van der Waals surface area contributed by atoms with E-state index in [2.05, 4.69) is 4.74 Å². The van der Waals surface area contributed by atoms with Gasteiger partial charge >= 0.3 is 12.6 Å². The lowest BCUT2D eigenvalue weighted by atomic mass is 10.1. The van der Waals surface area contributed by atoms with Crippen molar-refractivity contribution in [3.05, 3.63) is 41.5 Å². The molecule has 0 aromatic heterocycles. The van der Waals surface area contributed by atoms with Crippen molar-refractivity contribution in [3.8, 4) is 28.7 Å². The highest BCUT2D eigenvalue weighted by Gasteiger charge is 2.21. The van der Waals surface area contributed by atoms with Crippen molar-refractivity contribution in [1.29, 1.82) is 0 Å². The summed E-state index contributed by atoms with van der Waals surface area (Å²) in [6, 6.07) is 7.28. The SMILES string of the molecule is COc1cc(COC(=O)c2cc(OC)c3c(c2)OCCO3)ccc1OC(F)F. The normalized spacial score (nSPS) is 12.5. The molecule has 28 heavy (non-hydrogen) atoms. The van der Waals surface area contributed by atoms with Gasteiger partial charge in [-0.15, -0.1) is 0 Å². The molecule has 0 atom stereocenters. The van der Waals surface area contributed by atoms with Gasteiger partial charge in [0.2, 0.25) is 5.75 Å². The zero-order chi connectivity index (χ0) is 20.1. The maximum atomic E-state index is 12.4. The molecule has 0 amide bonds. The second kappa shape index (κ2) is 8.64. The Morgan fingerprint density at radius 2 is 1.79 bits per heavy atom. The molecule has 0 saturated heterocycles. The van der Waals surface area contributed by atoms with E-state index in [1.807, 2.05) is 0 Å². The Morgan fingerprint density at radius 1 is 1.04 bits per heavy atom. The molecule has 1 aliphatic heterocycles. The van der Waals surface area contributed by atoms with Crippen LogP contribution in [0.25, 0.3) is 0 Å². The van der Waals surface area contributed by atoms with Crippen molar-refractivity contribution >= 4 is 5.97 Å². The van der Waals surface area contributed by atoms with Gasteiger partial charge in [0.1, 0.15) is 19.8 Å². The summed E-state index contributed by atoms with van der Waals surface area (Å²) in [7, 11) is 2.78. The van der Waals surface area contributed by atoms with Crippen molar-refractivity contribution in [2.45, 2.75) is 13.2 Å². The number of esters is 1. The van der Waals surface area contributed by atoms with Crippen LogP contribution in [0.3, 0.4) is 0 Å². The third kappa shape index (κ3) is 4.36. The average molecular weight is 396 g/mol. The number of methoxy groups -OCH3 is 2. The van der Waals surface area contributed by atoms with Gasteiger partial charge < -0.3 is 28.4 Å². The molecule has 9 heteroatoms. The highest BCUT2D eigenvalue weighted by Crippen LogP contribution is 2.40. The van der Waals surface area contributed by atoms with Gasteiger partial charge in [0.05, 0.1) is 19.8 Å². The lowest BCUT2D eigenvalue weighted by Crippen LogP contribution is -2.17. The van der Waals surface area contributed by atoms with Crippen LogP contribution < -0.4 is 23.7 Å². The van der Waals surface area contributed by atoms with Crippen LogP contribution in [0.4, 0.5) is 8.78 Å². The second-order valence-electron chi connectivity index (χ2n) is 5.64. The summed E-state index contributed by atoms with van der Waals surface area (Å²) >= 11 is 0. The van der Waals surface area contributed by atoms with Gasteiger partial charge in [-0.05, 0) is 29.8 Å². The molecule has 3 rings (SSSR count). The van der Waals surface area contributed by atoms with Gasteiger partial charge in [-0.3, -0.25) is 0 Å². The van der Waals surface area contributed by atoms with Gasteiger partial charge in [0.15, 0.2) is 23.0 Å². The smallest absolute Gasteiger partial charge is 0.387 e. The first-order valence-electron chi connectivity index (χ1n) is 8.28. The van der Waals surface area contributed by atoms with E-state index in [9.17, 15) is 13.6 Å². The number of rotatable bonds is 7. The molecule has 0 aliphatic carbocycles. The Balaban J connectivity index is 1.72. The first-order valence-corrected chi connectivity index (χ1v) is 8.28. The zero-order valence-corrected chi connectivity index (χ0v) is 15.2. The predicted octanol–water partition coefficient (Wildman–Crippen LogP) is 3.43. The second-order valence-corrected chi connectivity index (χ2v) is 5.64. The first-order chi connectivity index (χ1) is 13.5. The number of hydrogen-bond donors (Lipinski definition) is 0. The number of carbonyl (C=O) groups is 1. The topological polar surface area (TPSA) is 72.5 Å². The molecule has 0 spiro atoms. The van der Waals surface area contributed by atoms with E-state index in [0.29, 0.717) is 36.0 Å². The van der Waals surface area contributed by atoms with Crippen LogP contribution in [0, 0.1) is 0 Å². The average Bonchev–Trinajstić information content (AvgIpc) is 2.71. The highest BCUT2D eigenvalue weighted by molar-refractivity contribution is 5.91. The summed E-state index contributed by atoms with van der Waals surface area (Å²) in [5, 5.41) is 0. The summed E-state index contributed by atoms with van der Waals surface area (Å²) < 4.78 is 55.7. The third-order valence-electron chi connectivity index (χ3n) is 3.88. The van der Waals surface area contributed by atoms with Crippen molar-refractivity contribution in [2.24, 2.45) is 0 Å². The Bertz CT molecular complexity index is 837. The fraction of sp³-hybridized carbons (Fsp3) is 0.316. The fourth-order valence-electron chi connectivity index (χ4n) is 2.62. The van der Waals surface area contributed by atoms with Crippen molar-refractivity contribution in [3.63, 3.8) is 0 Å². The lowest BCUT2D eigenvalue weighted by Gasteiger charge is -2.21. The van der Waals surface area contributed by atoms with Crippen molar-refractivity contribution in [2.75, 3.05) is 27.4 Å². The van der Waals surface area contributed by atoms with Crippen LogP contribution in [-0.4, -0.2) is 40.0 Å². The Hall–Kier alpha value is -3.23. The minimum absolute atomic E-state index is 0.0963. The van der Waals surface area contributed by atoms with E-state index in [0.717, 1.165) is 0 Å². The molecular weight excluding hydrogens is 378 g/mol. The molecule has 2 aromatic rings. The highest BCUT2D eigenvalue weighted by atomic mass is 19.3. The summed E-state index contributed by atoms with van der Waals surface area (Å²) in [6.45, 7) is -2.31. The van der Waals surface area contributed by atoms with Gasteiger partial charge in [-0.25, -0.2) is 4.79 Å². The first kappa shape index (κ1) is 19.5. The Morgan fingerprint density at radius 3 is 2.50 bits per heavy atom. The molecule has 2 aromatic carbocycles. The molecule has 0 radical (unpaired) electrons.